The molecule has 6 nitrogen and oxygen atoms in total. The summed E-state index contributed by atoms with van der Waals surface area (Å²) in [5.74, 6) is 0.857. The van der Waals surface area contributed by atoms with Crippen molar-refractivity contribution in [3.63, 3.8) is 0 Å². The van der Waals surface area contributed by atoms with Crippen LogP contribution in [0.1, 0.15) is 30.1 Å². The van der Waals surface area contributed by atoms with E-state index in [9.17, 15) is 15.2 Å². The molecule has 0 aliphatic carbocycles. The molecular weight excluding hydrogens is 402 g/mol. The number of piperidine rings is 3. The standard InChI is InChI=1S/C26H28N3O3/c1-2-18-16-29(17-20-7-3-6-10-24(20)28(31)32)14-12-19(18)15-25(29)26(30)22-11-13-27-23-9-5-4-8-21(22)23/h2-11,13,18-19,25-26,30H,1,12,14-17H2/q+1/t18?,19?,25?,26-,29?/m1/s1. The minimum Gasteiger partial charge on any atom is -0.382 e. The normalized spacial score (nSPS) is 27.8. The molecule has 3 aromatic rings. The number of nitro benzene ring substituents is 1. The predicted octanol–water partition coefficient (Wildman–Crippen LogP) is 4.79. The van der Waals surface area contributed by atoms with Crippen LogP contribution in [0.4, 0.5) is 5.69 Å². The Balaban J connectivity index is 1.58. The molecule has 4 unspecified atom stereocenters. The Kier molecular flexibility index (Phi) is 5.27. The molecule has 1 N–H and O–H groups in total. The highest BCUT2D eigenvalue weighted by molar-refractivity contribution is 5.82. The van der Waals surface area contributed by atoms with Crippen molar-refractivity contribution in [2.45, 2.75) is 31.5 Å². The van der Waals surface area contributed by atoms with Crippen LogP contribution in [0.3, 0.4) is 0 Å². The fraction of sp³-hybridized carbons (Fsp3) is 0.346. The van der Waals surface area contributed by atoms with E-state index < -0.39 is 6.10 Å². The smallest absolute Gasteiger partial charge is 0.278 e. The molecule has 2 bridgehead atoms. The van der Waals surface area contributed by atoms with Gasteiger partial charge < -0.3 is 9.59 Å². The number of fused-ring (bicyclic) bond motifs is 4. The summed E-state index contributed by atoms with van der Waals surface area (Å²) in [6.45, 7) is 6.37. The molecule has 164 valence electrons. The number of hydrogen-bond acceptors (Lipinski definition) is 4. The number of aliphatic hydroxyl groups is 1. The van der Waals surface area contributed by atoms with Crippen molar-refractivity contribution in [3.05, 3.63) is 94.7 Å². The van der Waals surface area contributed by atoms with Gasteiger partial charge in [-0.25, -0.2) is 0 Å². The summed E-state index contributed by atoms with van der Waals surface area (Å²) in [6.07, 6.45) is 5.07. The van der Waals surface area contributed by atoms with Crippen molar-refractivity contribution in [2.24, 2.45) is 11.8 Å². The van der Waals surface area contributed by atoms with Crippen LogP contribution in [-0.4, -0.2) is 38.6 Å². The van der Waals surface area contributed by atoms with Gasteiger partial charge in [0.15, 0.2) is 0 Å². The van der Waals surface area contributed by atoms with Crippen LogP contribution in [0.15, 0.2) is 73.4 Å². The van der Waals surface area contributed by atoms with E-state index in [4.69, 9.17) is 0 Å². The predicted molar refractivity (Wildman–Crippen MR) is 124 cm³/mol. The van der Waals surface area contributed by atoms with E-state index in [0.717, 1.165) is 48.0 Å². The summed E-state index contributed by atoms with van der Waals surface area (Å²) in [5, 5.41) is 24.4. The fourth-order valence-electron chi connectivity index (χ4n) is 6.13. The molecule has 6 rings (SSSR count). The van der Waals surface area contributed by atoms with Crippen LogP contribution in [0.2, 0.25) is 0 Å². The Morgan fingerprint density at radius 2 is 2.00 bits per heavy atom. The lowest BCUT2D eigenvalue weighted by Gasteiger charge is -2.58. The number of pyridine rings is 1. The Hall–Kier alpha value is -3.09. The zero-order chi connectivity index (χ0) is 22.3. The average molecular weight is 431 g/mol. The van der Waals surface area contributed by atoms with Gasteiger partial charge in [0.2, 0.25) is 0 Å². The zero-order valence-corrected chi connectivity index (χ0v) is 18.0. The van der Waals surface area contributed by atoms with Crippen LogP contribution in [0.5, 0.6) is 0 Å². The van der Waals surface area contributed by atoms with Crippen LogP contribution in [-0.2, 0) is 6.54 Å². The fourth-order valence-corrected chi connectivity index (χ4v) is 6.13. The van der Waals surface area contributed by atoms with Crippen molar-refractivity contribution >= 4 is 16.6 Å². The number of nitro groups is 1. The maximum absolute atomic E-state index is 11.7. The number of para-hydroxylation sites is 2. The summed E-state index contributed by atoms with van der Waals surface area (Å²) in [7, 11) is 0. The second-order valence-corrected chi connectivity index (χ2v) is 9.28. The number of benzene rings is 2. The quantitative estimate of drug-likeness (QED) is 0.264. The molecular formula is C26H28N3O3+. The molecule has 0 amide bonds. The molecule has 2 aromatic carbocycles. The molecule has 0 spiro atoms. The van der Waals surface area contributed by atoms with Gasteiger partial charge in [0.25, 0.3) is 5.69 Å². The monoisotopic (exact) mass is 430 g/mol. The Labute approximate surface area is 187 Å². The van der Waals surface area contributed by atoms with Crippen molar-refractivity contribution in [2.75, 3.05) is 13.1 Å². The van der Waals surface area contributed by atoms with Gasteiger partial charge in [0.1, 0.15) is 18.7 Å². The minimum absolute atomic E-state index is 0.0319. The maximum atomic E-state index is 11.7. The first-order valence-corrected chi connectivity index (χ1v) is 11.2. The molecule has 6 heteroatoms. The van der Waals surface area contributed by atoms with Gasteiger partial charge in [-0.3, -0.25) is 15.1 Å². The summed E-state index contributed by atoms with van der Waals surface area (Å²) < 4.78 is 0.649. The largest absolute Gasteiger partial charge is 0.382 e. The van der Waals surface area contributed by atoms with Gasteiger partial charge >= 0.3 is 0 Å². The van der Waals surface area contributed by atoms with E-state index in [1.165, 1.54) is 0 Å². The molecule has 3 fully saturated rings. The number of nitrogens with zero attached hydrogens (tertiary/aromatic N) is 3. The number of aromatic nitrogens is 1. The van der Waals surface area contributed by atoms with Gasteiger partial charge in [-0.05, 0) is 29.7 Å². The summed E-state index contributed by atoms with van der Waals surface area (Å²) in [5.41, 5.74) is 2.65. The number of hydrogen-bond donors (Lipinski definition) is 1. The van der Waals surface area contributed by atoms with E-state index in [0.29, 0.717) is 22.9 Å². The van der Waals surface area contributed by atoms with Crippen molar-refractivity contribution in [1.82, 2.24) is 4.98 Å². The molecule has 3 saturated heterocycles. The first-order valence-electron chi connectivity index (χ1n) is 11.2. The molecule has 3 aliphatic rings. The third kappa shape index (κ3) is 3.40. The Morgan fingerprint density at radius 1 is 1.22 bits per heavy atom. The highest BCUT2D eigenvalue weighted by Gasteiger charge is 2.54. The summed E-state index contributed by atoms with van der Waals surface area (Å²) in [6, 6.07) is 16.8. The second-order valence-electron chi connectivity index (χ2n) is 9.28. The van der Waals surface area contributed by atoms with Crippen molar-refractivity contribution < 1.29 is 14.5 Å². The lowest BCUT2D eigenvalue weighted by Crippen LogP contribution is -2.67. The van der Waals surface area contributed by atoms with Gasteiger partial charge in [-0.15, -0.1) is 6.58 Å². The molecule has 3 aliphatic heterocycles. The van der Waals surface area contributed by atoms with Crippen LogP contribution in [0.25, 0.3) is 10.9 Å². The third-order valence-corrected chi connectivity index (χ3v) is 7.72. The maximum Gasteiger partial charge on any atom is 0.278 e. The zero-order valence-electron chi connectivity index (χ0n) is 18.0. The summed E-state index contributed by atoms with van der Waals surface area (Å²) in [4.78, 5) is 15.9. The third-order valence-electron chi connectivity index (χ3n) is 7.72. The molecule has 1 aromatic heterocycles. The molecule has 4 heterocycles. The van der Waals surface area contributed by atoms with E-state index in [-0.39, 0.29) is 16.7 Å². The lowest BCUT2D eigenvalue weighted by molar-refractivity contribution is -0.985. The highest BCUT2D eigenvalue weighted by atomic mass is 16.6. The van der Waals surface area contributed by atoms with Crippen LogP contribution in [0, 0.1) is 22.0 Å². The minimum atomic E-state index is -0.667. The molecule has 0 saturated carbocycles. The van der Waals surface area contributed by atoms with E-state index >= 15 is 0 Å². The van der Waals surface area contributed by atoms with Gasteiger partial charge in [-0.1, -0.05) is 36.4 Å². The van der Waals surface area contributed by atoms with Crippen LogP contribution >= 0.6 is 0 Å². The molecule has 32 heavy (non-hydrogen) atoms. The van der Waals surface area contributed by atoms with E-state index in [2.05, 4.69) is 11.6 Å². The first kappa shape index (κ1) is 20.8. The van der Waals surface area contributed by atoms with Crippen molar-refractivity contribution in [1.29, 1.82) is 0 Å². The molecule has 5 atom stereocenters. The number of aliphatic hydroxyl groups excluding tert-OH is 1. The van der Waals surface area contributed by atoms with E-state index in [1.807, 2.05) is 48.5 Å². The Morgan fingerprint density at radius 3 is 2.81 bits per heavy atom. The van der Waals surface area contributed by atoms with Gasteiger partial charge in [0.05, 0.1) is 29.1 Å². The Bertz CT molecular complexity index is 1170. The topological polar surface area (TPSA) is 76.3 Å². The lowest BCUT2D eigenvalue weighted by atomic mass is 9.71. The molecule has 0 radical (unpaired) electrons. The van der Waals surface area contributed by atoms with Crippen molar-refractivity contribution in [3.8, 4) is 0 Å². The SMILES string of the molecule is C=CC1C[N+]2(Cc3ccccc3[N+](=O)[O-])CCC1CC2[C@H](O)c1ccnc2ccccc12. The average Bonchev–Trinajstić information content (AvgIpc) is 2.83. The first-order chi connectivity index (χ1) is 15.5. The highest BCUT2D eigenvalue weighted by Crippen LogP contribution is 2.48. The summed E-state index contributed by atoms with van der Waals surface area (Å²) >= 11 is 0. The van der Waals surface area contributed by atoms with Gasteiger partial charge in [0, 0.05) is 36.4 Å². The number of rotatable bonds is 6. The second kappa shape index (κ2) is 8.11. The van der Waals surface area contributed by atoms with Gasteiger partial charge in [-0.2, -0.15) is 0 Å². The number of quaternary nitrogens is 1. The van der Waals surface area contributed by atoms with E-state index in [1.54, 1.807) is 18.3 Å². The van der Waals surface area contributed by atoms with Crippen LogP contribution < -0.4 is 0 Å².